The van der Waals surface area contributed by atoms with Crippen molar-refractivity contribution < 1.29 is 13.6 Å². The Morgan fingerprint density at radius 1 is 1.62 bits per heavy atom. The summed E-state index contributed by atoms with van der Waals surface area (Å²) >= 11 is 0. The van der Waals surface area contributed by atoms with Crippen molar-refractivity contribution in [1.82, 2.24) is 10.2 Å². The molecule has 5 heteroatoms. The van der Waals surface area contributed by atoms with E-state index in [2.05, 4.69) is 11.9 Å². The lowest BCUT2D eigenvalue weighted by molar-refractivity contribution is -0.130. The van der Waals surface area contributed by atoms with Gasteiger partial charge in [-0.15, -0.1) is 0 Å². The fourth-order valence-electron chi connectivity index (χ4n) is 1.24. The molecule has 0 aromatic heterocycles. The van der Waals surface area contributed by atoms with E-state index in [9.17, 15) is 13.6 Å². The average molecular weight is 190 g/mol. The van der Waals surface area contributed by atoms with Gasteiger partial charge in [0.25, 0.3) is 5.92 Å². The number of likely N-dealkylation sites (N-methyl/N-ethyl adjacent to an activating group) is 1. The first-order chi connectivity index (χ1) is 5.94. The molecule has 0 bridgehead atoms. The third kappa shape index (κ3) is 2.48. The third-order valence-corrected chi connectivity index (χ3v) is 1.87. The van der Waals surface area contributed by atoms with E-state index in [1.165, 1.54) is 11.9 Å². The number of nitrogens with one attached hydrogen (secondary N) is 1. The van der Waals surface area contributed by atoms with E-state index in [-0.39, 0.29) is 25.5 Å². The number of rotatable bonds is 3. The van der Waals surface area contributed by atoms with E-state index < -0.39 is 5.92 Å². The number of halogens is 2. The standard InChI is InChI=1S/C8H12F2N2O/c1-6(7(13)11-2)3-12-4-8(9,10)5-12/h1,3-5H2,2H3,(H,11,13). The number of nitrogens with zero attached hydrogens (tertiary/aromatic N) is 1. The maximum atomic E-state index is 12.3. The highest BCUT2D eigenvalue weighted by molar-refractivity contribution is 5.92. The van der Waals surface area contributed by atoms with Crippen molar-refractivity contribution in [1.29, 1.82) is 0 Å². The Morgan fingerprint density at radius 3 is 2.54 bits per heavy atom. The number of hydrogen-bond acceptors (Lipinski definition) is 2. The highest BCUT2D eigenvalue weighted by Gasteiger charge is 2.43. The van der Waals surface area contributed by atoms with Crippen LogP contribution in [0.4, 0.5) is 8.78 Å². The molecule has 3 nitrogen and oxygen atoms in total. The minimum atomic E-state index is -2.58. The first-order valence-corrected chi connectivity index (χ1v) is 3.94. The summed E-state index contributed by atoms with van der Waals surface area (Å²) in [6.45, 7) is 3.16. The van der Waals surface area contributed by atoms with Crippen LogP contribution in [0.15, 0.2) is 12.2 Å². The van der Waals surface area contributed by atoms with E-state index in [4.69, 9.17) is 0 Å². The molecule has 1 heterocycles. The lowest BCUT2D eigenvalue weighted by atomic mass is 10.1. The smallest absolute Gasteiger partial charge is 0.272 e. The molecule has 0 unspecified atom stereocenters. The average Bonchev–Trinajstić information content (AvgIpc) is 1.99. The van der Waals surface area contributed by atoms with Crippen LogP contribution in [-0.2, 0) is 4.79 Å². The number of amides is 1. The number of likely N-dealkylation sites (tertiary alicyclic amines) is 1. The van der Waals surface area contributed by atoms with Crippen molar-refractivity contribution in [2.75, 3.05) is 26.7 Å². The van der Waals surface area contributed by atoms with Crippen LogP contribution in [0.3, 0.4) is 0 Å². The van der Waals surface area contributed by atoms with Crippen molar-refractivity contribution in [2.45, 2.75) is 5.92 Å². The number of carbonyl (C=O) groups is 1. The molecule has 1 aliphatic rings. The topological polar surface area (TPSA) is 32.3 Å². The molecule has 0 aromatic carbocycles. The van der Waals surface area contributed by atoms with Gasteiger partial charge in [0.1, 0.15) is 0 Å². The highest BCUT2D eigenvalue weighted by atomic mass is 19.3. The zero-order valence-corrected chi connectivity index (χ0v) is 7.44. The van der Waals surface area contributed by atoms with Crippen LogP contribution in [0.25, 0.3) is 0 Å². The quantitative estimate of drug-likeness (QED) is 0.646. The van der Waals surface area contributed by atoms with Crippen LogP contribution in [-0.4, -0.2) is 43.4 Å². The summed E-state index contributed by atoms with van der Waals surface area (Å²) in [5, 5.41) is 2.39. The summed E-state index contributed by atoms with van der Waals surface area (Å²) in [5.74, 6) is -2.88. The fourth-order valence-corrected chi connectivity index (χ4v) is 1.24. The van der Waals surface area contributed by atoms with Crippen molar-refractivity contribution in [3.05, 3.63) is 12.2 Å². The summed E-state index contributed by atoms with van der Waals surface area (Å²) in [6, 6.07) is 0. The zero-order chi connectivity index (χ0) is 10.1. The molecular weight excluding hydrogens is 178 g/mol. The minimum absolute atomic E-state index is 0.218. The van der Waals surface area contributed by atoms with Gasteiger partial charge in [0, 0.05) is 19.2 Å². The Kier molecular flexibility index (Phi) is 2.66. The third-order valence-electron chi connectivity index (χ3n) is 1.87. The molecule has 1 fully saturated rings. The van der Waals surface area contributed by atoms with Gasteiger partial charge in [-0.1, -0.05) is 6.58 Å². The van der Waals surface area contributed by atoms with Crippen LogP contribution in [0.1, 0.15) is 0 Å². The Balaban J connectivity index is 2.28. The first kappa shape index (κ1) is 10.1. The molecule has 0 saturated carbocycles. The molecule has 1 saturated heterocycles. The van der Waals surface area contributed by atoms with Gasteiger partial charge in [0.15, 0.2) is 0 Å². The van der Waals surface area contributed by atoms with Gasteiger partial charge in [-0.25, -0.2) is 8.78 Å². The van der Waals surface area contributed by atoms with Crippen molar-refractivity contribution >= 4 is 5.91 Å². The van der Waals surface area contributed by atoms with Crippen molar-refractivity contribution in [3.63, 3.8) is 0 Å². The van der Waals surface area contributed by atoms with E-state index in [1.807, 2.05) is 0 Å². The van der Waals surface area contributed by atoms with Crippen molar-refractivity contribution in [2.24, 2.45) is 0 Å². The highest BCUT2D eigenvalue weighted by Crippen LogP contribution is 2.26. The largest absolute Gasteiger partial charge is 0.355 e. The second-order valence-electron chi connectivity index (χ2n) is 3.18. The van der Waals surface area contributed by atoms with Gasteiger partial charge in [0.2, 0.25) is 5.91 Å². The molecule has 13 heavy (non-hydrogen) atoms. The van der Waals surface area contributed by atoms with Gasteiger partial charge in [-0.05, 0) is 0 Å². The lowest BCUT2D eigenvalue weighted by Crippen LogP contribution is -2.56. The fraction of sp³-hybridized carbons (Fsp3) is 0.625. The van der Waals surface area contributed by atoms with E-state index in [1.54, 1.807) is 0 Å². The number of hydrogen-bond donors (Lipinski definition) is 1. The van der Waals surface area contributed by atoms with Gasteiger partial charge in [0.05, 0.1) is 13.1 Å². The van der Waals surface area contributed by atoms with E-state index >= 15 is 0 Å². The Labute approximate surface area is 75.4 Å². The summed E-state index contributed by atoms with van der Waals surface area (Å²) in [6.07, 6.45) is 0. The van der Waals surface area contributed by atoms with Crippen LogP contribution >= 0.6 is 0 Å². The molecule has 0 radical (unpaired) electrons. The Hall–Kier alpha value is -0.970. The number of carbonyl (C=O) groups excluding carboxylic acids is 1. The maximum Gasteiger partial charge on any atom is 0.272 e. The maximum absolute atomic E-state index is 12.3. The molecule has 1 aliphatic heterocycles. The molecule has 1 N–H and O–H groups in total. The molecule has 0 aromatic rings. The van der Waals surface area contributed by atoms with Crippen LogP contribution in [0, 0.1) is 0 Å². The number of alkyl halides is 2. The summed E-state index contributed by atoms with van der Waals surface area (Å²) in [5.41, 5.74) is 0.318. The van der Waals surface area contributed by atoms with Gasteiger partial charge < -0.3 is 5.32 Å². The Morgan fingerprint density at radius 2 is 2.15 bits per heavy atom. The predicted molar refractivity (Wildman–Crippen MR) is 44.6 cm³/mol. The zero-order valence-electron chi connectivity index (χ0n) is 7.44. The minimum Gasteiger partial charge on any atom is -0.355 e. The molecule has 1 amide bonds. The SMILES string of the molecule is C=C(CN1CC(F)(F)C1)C(=O)NC. The summed E-state index contributed by atoms with van der Waals surface area (Å²) in [7, 11) is 1.48. The predicted octanol–water partition coefficient (Wildman–Crippen LogP) is 0.239. The van der Waals surface area contributed by atoms with E-state index in [0.717, 1.165) is 0 Å². The second kappa shape index (κ2) is 3.41. The van der Waals surface area contributed by atoms with E-state index in [0.29, 0.717) is 5.57 Å². The molecule has 0 spiro atoms. The van der Waals surface area contributed by atoms with Crippen LogP contribution < -0.4 is 5.32 Å². The van der Waals surface area contributed by atoms with Gasteiger partial charge >= 0.3 is 0 Å². The molecule has 1 rings (SSSR count). The molecule has 0 atom stereocenters. The molecule has 0 aliphatic carbocycles. The monoisotopic (exact) mass is 190 g/mol. The first-order valence-electron chi connectivity index (χ1n) is 3.94. The van der Waals surface area contributed by atoms with Crippen molar-refractivity contribution in [3.8, 4) is 0 Å². The molecule has 74 valence electrons. The van der Waals surface area contributed by atoms with Crippen LogP contribution in [0.2, 0.25) is 0 Å². The molecular formula is C8H12F2N2O. The summed E-state index contributed by atoms with van der Waals surface area (Å²) < 4.78 is 24.7. The second-order valence-corrected chi connectivity index (χ2v) is 3.18. The Bertz CT molecular complexity index is 232. The normalized spacial score (nSPS) is 20.5. The lowest BCUT2D eigenvalue weighted by Gasteiger charge is -2.38. The van der Waals surface area contributed by atoms with Crippen LogP contribution in [0.5, 0.6) is 0 Å². The van der Waals surface area contributed by atoms with Gasteiger partial charge in [-0.3, -0.25) is 9.69 Å². The van der Waals surface area contributed by atoms with Gasteiger partial charge in [-0.2, -0.15) is 0 Å². The summed E-state index contributed by atoms with van der Waals surface area (Å²) in [4.78, 5) is 12.4.